The second-order valence-electron chi connectivity index (χ2n) is 7.14. The van der Waals surface area contributed by atoms with Gasteiger partial charge in [0.15, 0.2) is 11.0 Å². The summed E-state index contributed by atoms with van der Waals surface area (Å²) in [6.07, 6.45) is 3.43. The Morgan fingerprint density at radius 3 is 2.59 bits per heavy atom. The van der Waals surface area contributed by atoms with Crippen molar-refractivity contribution in [3.8, 4) is 22.8 Å². The molecule has 1 atom stereocenters. The molecule has 1 N–H and O–H groups in total. The highest BCUT2D eigenvalue weighted by molar-refractivity contribution is 8.00. The average molecular weight is 446 g/mol. The zero-order valence-corrected chi connectivity index (χ0v) is 18.8. The van der Waals surface area contributed by atoms with Gasteiger partial charge in [0.2, 0.25) is 5.91 Å². The van der Waals surface area contributed by atoms with Gasteiger partial charge < -0.3 is 10.1 Å². The number of nitrogens with zero attached hydrogens (tertiary/aromatic N) is 4. The Hall–Kier alpha value is -3.65. The van der Waals surface area contributed by atoms with Crippen LogP contribution in [0.5, 0.6) is 5.75 Å². The zero-order chi connectivity index (χ0) is 22.5. The summed E-state index contributed by atoms with van der Waals surface area (Å²) >= 11 is 1.35. The van der Waals surface area contributed by atoms with E-state index in [-0.39, 0.29) is 5.91 Å². The molecule has 0 radical (unpaired) electrons. The number of amides is 1. The molecule has 0 aliphatic heterocycles. The van der Waals surface area contributed by atoms with Gasteiger partial charge in [-0.2, -0.15) is 0 Å². The summed E-state index contributed by atoms with van der Waals surface area (Å²) in [6.45, 7) is 3.82. The van der Waals surface area contributed by atoms with E-state index in [2.05, 4.69) is 20.5 Å². The number of aromatic nitrogens is 4. The number of benzene rings is 2. The lowest BCUT2D eigenvalue weighted by Gasteiger charge is -2.15. The number of hydrogen-bond donors (Lipinski definition) is 1. The Labute approximate surface area is 190 Å². The van der Waals surface area contributed by atoms with Gasteiger partial charge in [-0.25, -0.2) is 0 Å². The lowest BCUT2D eigenvalue weighted by molar-refractivity contribution is -0.115. The minimum atomic E-state index is -0.395. The van der Waals surface area contributed by atoms with Crippen molar-refractivity contribution in [2.24, 2.45) is 0 Å². The van der Waals surface area contributed by atoms with Crippen LogP contribution in [0.25, 0.3) is 17.1 Å². The summed E-state index contributed by atoms with van der Waals surface area (Å²) in [5.74, 6) is 1.28. The van der Waals surface area contributed by atoms with E-state index < -0.39 is 5.25 Å². The smallest absolute Gasteiger partial charge is 0.237 e. The SMILES string of the molecule is COc1cccc(-n2c(SC(C)C(=O)Nc3ccccc3C)nnc2-c2ccncc2)c1. The minimum Gasteiger partial charge on any atom is -0.497 e. The minimum absolute atomic E-state index is 0.102. The zero-order valence-electron chi connectivity index (χ0n) is 18.0. The van der Waals surface area contributed by atoms with E-state index in [1.807, 2.05) is 79.1 Å². The van der Waals surface area contributed by atoms with Gasteiger partial charge in [0.05, 0.1) is 18.0 Å². The maximum atomic E-state index is 12.9. The van der Waals surface area contributed by atoms with Crippen LogP contribution in [0.1, 0.15) is 12.5 Å². The van der Waals surface area contributed by atoms with Crippen molar-refractivity contribution in [2.45, 2.75) is 24.3 Å². The third-order valence-corrected chi connectivity index (χ3v) is 5.98. The highest BCUT2D eigenvalue weighted by atomic mass is 32.2. The Balaban J connectivity index is 1.67. The molecule has 0 saturated carbocycles. The van der Waals surface area contributed by atoms with Crippen molar-refractivity contribution >= 4 is 23.4 Å². The molecule has 8 heteroatoms. The third kappa shape index (κ3) is 4.65. The number of carbonyl (C=O) groups is 1. The molecule has 0 aliphatic carbocycles. The van der Waals surface area contributed by atoms with Gasteiger partial charge in [-0.05, 0) is 49.7 Å². The van der Waals surface area contributed by atoms with E-state index in [1.54, 1.807) is 19.5 Å². The van der Waals surface area contributed by atoms with Gasteiger partial charge in [0.1, 0.15) is 5.75 Å². The molecule has 0 bridgehead atoms. The molecular formula is C24H23N5O2S. The van der Waals surface area contributed by atoms with Crippen molar-refractivity contribution in [2.75, 3.05) is 12.4 Å². The monoisotopic (exact) mass is 445 g/mol. The number of rotatable bonds is 7. The highest BCUT2D eigenvalue weighted by Crippen LogP contribution is 2.31. The van der Waals surface area contributed by atoms with Crippen molar-refractivity contribution in [1.29, 1.82) is 0 Å². The van der Waals surface area contributed by atoms with Crippen LogP contribution in [0, 0.1) is 6.92 Å². The fourth-order valence-electron chi connectivity index (χ4n) is 3.18. The topological polar surface area (TPSA) is 81.9 Å². The Morgan fingerprint density at radius 1 is 1.06 bits per heavy atom. The normalized spacial score (nSPS) is 11.7. The Bertz CT molecular complexity index is 1230. The molecule has 0 fully saturated rings. The predicted molar refractivity (Wildman–Crippen MR) is 126 cm³/mol. The number of pyridine rings is 1. The van der Waals surface area contributed by atoms with Crippen LogP contribution in [0.4, 0.5) is 5.69 Å². The van der Waals surface area contributed by atoms with Gasteiger partial charge in [-0.15, -0.1) is 10.2 Å². The van der Waals surface area contributed by atoms with Gasteiger partial charge in [-0.1, -0.05) is 36.0 Å². The number of hydrogen-bond acceptors (Lipinski definition) is 6. The molecule has 2 aromatic carbocycles. The maximum absolute atomic E-state index is 12.9. The van der Waals surface area contributed by atoms with Crippen molar-refractivity contribution in [3.05, 3.63) is 78.6 Å². The summed E-state index contributed by atoms with van der Waals surface area (Å²) in [4.78, 5) is 17.0. The average Bonchev–Trinajstić information content (AvgIpc) is 3.24. The van der Waals surface area contributed by atoms with Crippen LogP contribution in [-0.4, -0.2) is 38.0 Å². The van der Waals surface area contributed by atoms with Crippen LogP contribution in [-0.2, 0) is 4.79 Å². The fourth-order valence-corrected chi connectivity index (χ4v) is 4.04. The van der Waals surface area contributed by atoms with Crippen LogP contribution in [0.2, 0.25) is 0 Å². The molecule has 162 valence electrons. The lowest BCUT2D eigenvalue weighted by atomic mass is 10.2. The van der Waals surface area contributed by atoms with Gasteiger partial charge in [0.25, 0.3) is 0 Å². The van der Waals surface area contributed by atoms with Gasteiger partial charge >= 0.3 is 0 Å². The first-order valence-electron chi connectivity index (χ1n) is 10.1. The molecular weight excluding hydrogens is 422 g/mol. The number of thioether (sulfide) groups is 1. The second kappa shape index (κ2) is 9.65. The van der Waals surface area contributed by atoms with E-state index in [9.17, 15) is 4.79 Å². The first-order valence-corrected chi connectivity index (χ1v) is 11.0. The molecule has 4 aromatic rings. The summed E-state index contributed by atoms with van der Waals surface area (Å²) in [5, 5.41) is 12.0. The van der Waals surface area contributed by atoms with Crippen LogP contribution in [0.3, 0.4) is 0 Å². The van der Waals surface area contributed by atoms with Gasteiger partial charge in [-0.3, -0.25) is 14.3 Å². The quantitative estimate of drug-likeness (QED) is 0.413. The van der Waals surface area contributed by atoms with Gasteiger partial charge in [0, 0.05) is 29.7 Å². The first kappa shape index (κ1) is 21.6. The summed E-state index contributed by atoms with van der Waals surface area (Å²) < 4.78 is 7.33. The number of carbonyl (C=O) groups excluding carboxylic acids is 1. The van der Waals surface area contributed by atoms with Crippen LogP contribution < -0.4 is 10.1 Å². The van der Waals surface area contributed by atoms with E-state index in [1.165, 1.54) is 11.8 Å². The summed E-state index contributed by atoms with van der Waals surface area (Å²) in [5.41, 5.74) is 3.53. The maximum Gasteiger partial charge on any atom is 0.237 e. The number of anilines is 1. The number of para-hydroxylation sites is 1. The van der Waals surface area contributed by atoms with E-state index >= 15 is 0 Å². The second-order valence-corrected chi connectivity index (χ2v) is 8.45. The number of aryl methyl sites for hydroxylation is 1. The first-order chi connectivity index (χ1) is 15.6. The van der Waals surface area contributed by atoms with E-state index in [0.29, 0.717) is 11.0 Å². The highest BCUT2D eigenvalue weighted by Gasteiger charge is 2.22. The van der Waals surface area contributed by atoms with E-state index in [4.69, 9.17) is 4.74 Å². The standard InChI is InChI=1S/C24H23N5O2S/c1-16-7-4-5-10-21(16)26-23(30)17(2)32-24-28-27-22(18-11-13-25-14-12-18)29(24)19-8-6-9-20(15-19)31-3/h4-15,17H,1-3H3,(H,26,30). The molecule has 2 heterocycles. The molecule has 32 heavy (non-hydrogen) atoms. The van der Waals surface area contributed by atoms with E-state index in [0.717, 1.165) is 28.3 Å². The largest absolute Gasteiger partial charge is 0.497 e. The molecule has 1 unspecified atom stereocenters. The number of ether oxygens (including phenoxy) is 1. The van der Waals surface area contributed by atoms with Crippen molar-refractivity contribution < 1.29 is 9.53 Å². The van der Waals surface area contributed by atoms with Crippen LogP contribution >= 0.6 is 11.8 Å². The molecule has 2 aromatic heterocycles. The fraction of sp³-hybridized carbons (Fsp3) is 0.167. The number of nitrogens with one attached hydrogen (secondary N) is 1. The third-order valence-electron chi connectivity index (χ3n) is 4.94. The molecule has 7 nitrogen and oxygen atoms in total. The van der Waals surface area contributed by atoms with Crippen molar-refractivity contribution in [1.82, 2.24) is 19.7 Å². The van der Waals surface area contributed by atoms with Crippen LogP contribution in [0.15, 0.2) is 78.2 Å². The molecule has 0 saturated heterocycles. The Kier molecular flexibility index (Phi) is 6.51. The lowest BCUT2D eigenvalue weighted by Crippen LogP contribution is -2.23. The summed E-state index contributed by atoms with van der Waals surface area (Å²) in [7, 11) is 1.63. The number of methoxy groups -OCH3 is 1. The van der Waals surface area contributed by atoms with Crippen molar-refractivity contribution in [3.63, 3.8) is 0 Å². The summed E-state index contributed by atoms with van der Waals surface area (Å²) in [6, 6.07) is 19.1. The Morgan fingerprint density at radius 2 is 1.84 bits per heavy atom. The molecule has 4 rings (SSSR count). The molecule has 0 spiro atoms. The predicted octanol–water partition coefficient (Wildman–Crippen LogP) is 4.77. The molecule has 1 amide bonds. The molecule has 0 aliphatic rings.